The van der Waals surface area contributed by atoms with Crippen LogP contribution in [0.3, 0.4) is 0 Å². The molecule has 8 aromatic rings. The first-order valence-corrected chi connectivity index (χ1v) is 20.9. The molecule has 0 amide bonds. The lowest BCUT2D eigenvalue weighted by molar-refractivity contribution is 0.414. The summed E-state index contributed by atoms with van der Waals surface area (Å²) in [5, 5.41) is 1.92. The Labute approximate surface area is 350 Å². The highest BCUT2D eigenvalue weighted by atomic mass is 32.1. The first-order valence-electron chi connectivity index (χ1n) is 19.3. The Kier molecular flexibility index (Phi) is 9.77. The van der Waals surface area contributed by atoms with E-state index in [9.17, 15) is 0 Å². The molecule has 0 spiro atoms. The van der Waals surface area contributed by atoms with Crippen LogP contribution in [0.4, 0.5) is 22.7 Å². The van der Waals surface area contributed by atoms with Crippen LogP contribution in [0.15, 0.2) is 131 Å². The smallest absolute Gasteiger partial charge is 0.118 e. The zero-order valence-electron chi connectivity index (χ0n) is 32.4. The van der Waals surface area contributed by atoms with Crippen LogP contribution in [0.1, 0.15) is 43.4 Å². The van der Waals surface area contributed by atoms with E-state index in [1.807, 2.05) is 85.2 Å². The number of aliphatic imine (C=N–C) groups is 2. The molecule has 0 N–H and O–H groups in total. The summed E-state index contributed by atoms with van der Waals surface area (Å²) in [4.78, 5) is 24.2. The first-order chi connectivity index (χ1) is 29.0. The van der Waals surface area contributed by atoms with Crippen molar-refractivity contribution in [2.75, 3.05) is 30.7 Å². The molecule has 0 saturated heterocycles. The standard InChI is InChI=1S/C49H38N6O2S2/c1-56-40-13-3-32(4-14-40)9-21-48-52-42-17-11-38(25-46(42)58-48)50-27-34-7-19-44-36(23-34)29-54-31-55(44)30-37-24-35(8-20-45(37)54)28-51-39-12-18-43-47(26-39)59-49(53-43)22-10-33-5-15-41(57-2)16-6-33/h3-28H,29-31H2,1-2H3/b21-9+,22-10+,50-27?,51-28?. The normalized spacial score (nSPS) is 13.7. The molecule has 2 aliphatic rings. The van der Waals surface area contributed by atoms with Gasteiger partial charge >= 0.3 is 0 Å². The molecule has 0 unspecified atom stereocenters. The molecule has 10 rings (SSSR count). The number of rotatable bonds is 10. The van der Waals surface area contributed by atoms with E-state index < -0.39 is 0 Å². The van der Waals surface area contributed by atoms with Gasteiger partial charge in [-0.05, 0) is 130 Å². The number of anilines is 2. The third kappa shape index (κ3) is 7.88. The lowest BCUT2D eigenvalue weighted by atomic mass is 9.99. The minimum Gasteiger partial charge on any atom is -0.497 e. The number of ether oxygens (including phenoxy) is 2. The maximum Gasteiger partial charge on any atom is 0.118 e. The highest BCUT2D eigenvalue weighted by Gasteiger charge is 2.29. The van der Waals surface area contributed by atoms with Crippen molar-refractivity contribution >= 4 is 103 Å². The first kappa shape index (κ1) is 36.5. The third-order valence-electron chi connectivity index (χ3n) is 10.5. The molecule has 2 bridgehead atoms. The number of hydrogen-bond donors (Lipinski definition) is 0. The van der Waals surface area contributed by atoms with Crippen molar-refractivity contribution in [3.63, 3.8) is 0 Å². The summed E-state index contributed by atoms with van der Waals surface area (Å²) in [5.41, 5.74) is 13.3. The molecule has 0 aliphatic carbocycles. The van der Waals surface area contributed by atoms with Crippen LogP contribution in [-0.4, -0.2) is 43.3 Å². The van der Waals surface area contributed by atoms with Crippen molar-refractivity contribution in [3.05, 3.63) is 165 Å². The topological polar surface area (TPSA) is 75.4 Å². The molecule has 4 heterocycles. The Morgan fingerprint density at radius 1 is 0.508 bits per heavy atom. The van der Waals surface area contributed by atoms with Gasteiger partial charge in [0, 0.05) is 36.9 Å². The molecule has 10 heteroatoms. The van der Waals surface area contributed by atoms with Gasteiger partial charge in [-0.3, -0.25) is 9.98 Å². The quantitative estimate of drug-likeness (QED) is 0.128. The van der Waals surface area contributed by atoms with Crippen LogP contribution in [0.2, 0.25) is 0 Å². The van der Waals surface area contributed by atoms with Crippen molar-refractivity contribution in [2.24, 2.45) is 9.98 Å². The average Bonchev–Trinajstić information content (AvgIpc) is 3.89. The molecule has 2 aliphatic heterocycles. The van der Waals surface area contributed by atoms with E-state index in [1.165, 1.54) is 22.5 Å². The largest absolute Gasteiger partial charge is 0.497 e. The van der Waals surface area contributed by atoms with Gasteiger partial charge < -0.3 is 19.3 Å². The van der Waals surface area contributed by atoms with Crippen molar-refractivity contribution < 1.29 is 9.47 Å². The fourth-order valence-electron chi connectivity index (χ4n) is 7.51. The lowest BCUT2D eigenvalue weighted by Crippen LogP contribution is -2.46. The second-order valence-corrected chi connectivity index (χ2v) is 16.6. The number of hydrogen-bond acceptors (Lipinski definition) is 10. The summed E-state index contributed by atoms with van der Waals surface area (Å²) < 4.78 is 12.8. The van der Waals surface area contributed by atoms with E-state index in [4.69, 9.17) is 29.4 Å². The number of nitrogens with zero attached hydrogens (tertiary/aromatic N) is 6. The SMILES string of the molecule is COc1ccc(/C=C/c2nc3ccc(N=Cc4ccc5c(c4)CN4CN5Cc5cc(C=Nc6ccc7nc(/C=C/c8ccc(OC)cc8)sc7c6)ccc54)cc3s2)cc1. The van der Waals surface area contributed by atoms with Gasteiger partial charge in [0.15, 0.2) is 0 Å². The summed E-state index contributed by atoms with van der Waals surface area (Å²) in [7, 11) is 3.35. The molecule has 59 heavy (non-hydrogen) atoms. The van der Waals surface area contributed by atoms with Crippen molar-refractivity contribution in [1.29, 1.82) is 0 Å². The van der Waals surface area contributed by atoms with Crippen LogP contribution < -0.4 is 19.3 Å². The fourth-order valence-corrected chi connectivity index (χ4v) is 9.32. The molecular formula is C49H38N6O2S2. The van der Waals surface area contributed by atoms with Gasteiger partial charge in [0.1, 0.15) is 21.5 Å². The highest BCUT2D eigenvalue weighted by molar-refractivity contribution is 7.19. The van der Waals surface area contributed by atoms with Crippen LogP contribution in [-0.2, 0) is 13.1 Å². The molecule has 6 aromatic carbocycles. The van der Waals surface area contributed by atoms with Gasteiger partial charge in [0.2, 0.25) is 0 Å². The van der Waals surface area contributed by atoms with E-state index in [0.29, 0.717) is 0 Å². The molecule has 288 valence electrons. The number of methoxy groups -OCH3 is 2. The van der Waals surface area contributed by atoms with Gasteiger partial charge in [-0.1, -0.05) is 48.6 Å². The Morgan fingerprint density at radius 3 is 1.39 bits per heavy atom. The minimum atomic E-state index is 0.847. The number of benzene rings is 6. The van der Waals surface area contributed by atoms with E-state index >= 15 is 0 Å². The maximum atomic E-state index is 5.27. The molecular weight excluding hydrogens is 769 g/mol. The van der Waals surface area contributed by atoms with E-state index in [-0.39, 0.29) is 0 Å². The van der Waals surface area contributed by atoms with Crippen LogP contribution in [0.25, 0.3) is 44.7 Å². The molecule has 8 nitrogen and oxygen atoms in total. The zero-order chi connectivity index (χ0) is 39.7. The third-order valence-corrected chi connectivity index (χ3v) is 12.5. The summed E-state index contributed by atoms with van der Waals surface area (Å²) in [6.45, 7) is 2.57. The highest BCUT2D eigenvalue weighted by Crippen LogP contribution is 2.39. The van der Waals surface area contributed by atoms with Crippen LogP contribution in [0, 0.1) is 0 Å². The summed E-state index contributed by atoms with van der Waals surface area (Å²) >= 11 is 3.33. The molecule has 2 aromatic heterocycles. The summed E-state index contributed by atoms with van der Waals surface area (Å²) in [6, 6.07) is 41.8. The number of aromatic nitrogens is 2. The van der Waals surface area contributed by atoms with Crippen LogP contribution in [0.5, 0.6) is 11.5 Å². The van der Waals surface area contributed by atoms with Gasteiger partial charge in [-0.2, -0.15) is 0 Å². The lowest BCUT2D eigenvalue weighted by Gasteiger charge is -2.45. The maximum absolute atomic E-state index is 5.27. The fraction of sp³-hybridized carbons (Fsp3) is 0.102. The molecule has 0 atom stereocenters. The minimum absolute atomic E-state index is 0.847. The van der Waals surface area contributed by atoms with Gasteiger partial charge in [0.25, 0.3) is 0 Å². The number of thiazole rings is 2. The molecule has 0 fully saturated rings. The summed E-state index contributed by atoms with van der Waals surface area (Å²) in [5.74, 6) is 1.69. The summed E-state index contributed by atoms with van der Waals surface area (Å²) in [6.07, 6.45) is 12.2. The number of fused-ring (bicyclic) bond motifs is 8. The molecule has 0 saturated carbocycles. The predicted octanol–water partition coefficient (Wildman–Crippen LogP) is 12.1. The van der Waals surface area contributed by atoms with Crippen molar-refractivity contribution in [3.8, 4) is 11.5 Å². The van der Waals surface area contributed by atoms with Crippen molar-refractivity contribution in [1.82, 2.24) is 9.97 Å². The average molecular weight is 807 g/mol. The second kappa shape index (κ2) is 15.8. The predicted molar refractivity (Wildman–Crippen MR) is 248 cm³/mol. The molecule has 0 radical (unpaired) electrons. The zero-order valence-corrected chi connectivity index (χ0v) is 34.1. The van der Waals surface area contributed by atoms with Gasteiger partial charge in [0.05, 0.1) is 52.7 Å². The Bertz CT molecular complexity index is 2760. The monoisotopic (exact) mass is 806 g/mol. The van der Waals surface area contributed by atoms with E-state index in [2.05, 4.69) is 82.6 Å². The van der Waals surface area contributed by atoms with Crippen LogP contribution >= 0.6 is 22.7 Å². The van der Waals surface area contributed by atoms with E-state index in [1.54, 1.807) is 36.9 Å². The Balaban J connectivity index is 0.795. The second-order valence-electron chi connectivity index (χ2n) is 14.5. The van der Waals surface area contributed by atoms with E-state index in [0.717, 1.165) is 95.3 Å². The Morgan fingerprint density at radius 2 is 0.949 bits per heavy atom. The van der Waals surface area contributed by atoms with Crippen molar-refractivity contribution in [2.45, 2.75) is 13.1 Å². The van der Waals surface area contributed by atoms with Gasteiger partial charge in [-0.25, -0.2) is 9.97 Å². The van der Waals surface area contributed by atoms with Gasteiger partial charge in [-0.15, -0.1) is 22.7 Å². The Hall–Kier alpha value is -6.88.